The van der Waals surface area contributed by atoms with Gasteiger partial charge in [0.05, 0.1) is 5.60 Å². The number of aryl methyl sites for hydroxylation is 1. The Bertz CT molecular complexity index is 510. The van der Waals surface area contributed by atoms with Crippen LogP contribution in [0.4, 0.5) is 0 Å². The third-order valence-corrected chi connectivity index (χ3v) is 4.57. The van der Waals surface area contributed by atoms with Crippen LogP contribution in [0.15, 0.2) is 0 Å². The van der Waals surface area contributed by atoms with Crippen molar-refractivity contribution < 1.29 is 14.6 Å². The van der Waals surface area contributed by atoms with Gasteiger partial charge in [0.2, 0.25) is 11.2 Å². The SMILES string of the molecule is COCCC1(O)CCN(C(=O)CCc2nc(Cl)n[nH]2)CC1C. The maximum atomic E-state index is 12.3. The molecule has 1 amide bonds. The monoisotopic (exact) mass is 330 g/mol. The molecule has 0 radical (unpaired) electrons. The van der Waals surface area contributed by atoms with Gasteiger partial charge < -0.3 is 14.7 Å². The molecule has 2 unspecified atom stereocenters. The van der Waals surface area contributed by atoms with Crippen molar-refractivity contribution in [1.29, 1.82) is 0 Å². The number of halogens is 1. The quantitative estimate of drug-likeness (QED) is 0.812. The van der Waals surface area contributed by atoms with Gasteiger partial charge in [0.15, 0.2) is 0 Å². The molecular formula is C14H23ClN4O3. The molecule has 2 rings (SSSR count). The summed E-state index contributed by atoms with van der Waals surface area (Å²) in [6.45, 7) is 3.64. The molecule has 1 fully saturated rings. The molecule has 0 aromatic carbocycles. The molecule has 0 aliphatic carbocycles. The summed E-state index contributed by atoms with van der Waals surface area (Å²) in [5.41, 5.74) is -0.745. The van der Waals surface area contributed by atoms with Crippen molar-refractivity contribution in [1.82, 2.24) is 20.1 Å². The first-order valence-electron chi connectivity index (χ1n) is 7.50. The van der Waals surface area contributed by atoms with E-state index in [-0.39, 0.29) is 17.1 Å². The van der Waals surface area contributed by atoms with E-state index < -0.39 is 5.60 Å². The Labute approximate surface area is 135 Å². The summed E-state index contributed by atoms with van der Waals surface area (Å²) in [6.07, 6.45) is 2.02. The summed E-state index contributed by atoms with van der Waals surface area (Å²) in [5, 5.41) is 17.2. The first kappa shape index (κ1) is 17.2. The number of hydrogen-bond donors (Lipinski definition) is 2. The number of aromatic amines is 1. The summed E-state index contributed by atoms with van der Waals surface area (Å²) in [5.74, 6) is 0.702. The highest BCUT2D eigenvalue weighted by Gasteiger charge is 2.39. The maximum Gasteiger partial charge on any atom is 0.242 e. The number of nitrogens with one attached hydrogen (secondary N) is 1. The zero-order valence-corrected chi connectivity index (χ0v) is 13.8. The van der Waals surface area contributed by atoms with Crippen LogP contribution in [-0.2, 0) is 16.0 Å². The zero-order valence-electron chi connectivity index (χ0n) is 13.0. The Hall–Kier alpha value is -1.18. The Morgan fingerprint density at radius 1 is 1.64 bits per heavy atom. The molecule has 0 spiro atoms. The fourth-order valence-corrected chi connectivity index (χ4v) is 2.96. The summed E-state index contributed by atoms with van der Waals surface area (Å²) in [4.78, 5) is 18.1. The van der Waals surface area contributed by atoms with Crippen LogP contribution in [0.2, 0.25) is 5.28 Å². The van der Waals surface area contributed by atoms with Gasteiger partial charge in [0, 0.05) is 45.6 Å². The molecule has 7 nitrogen and oxygen atoms in total. The molecule has 1 saturated heterocycles. The van der Waals surface area contributed by atoms with Crippen molar-refractivity contribution >= 4 is 17.5 Å². The smallest absolute Gasteiger partial charge is 0.242 e. The molecule has 1 aromatic rings. The van der Waals surface area contributed by atoms with Crippen LogP contribution in [0.25, 0.3) is 0 Å². The van der Waals surface area contributed by atoms with Crippen molar-refractivity contribution in [2.75, 3.05) is 26.8 Å². The highest BCUT2D eigenvalue weighted by atomic mass is 35.5. The molecule has 1 aliphatic rings. The van der Waals surface area contributed by atoms with Crippen LogP contribution < -0.4 is 0 Å². The second-order valence-corrected chi connectivity index (χ2v) is 6.23. The van der Waals surface area contributed by atoms with E-state index in [0.29, 0.717) is 51.2 Å². The van der Waals surface area contributed by atoms with Crippen molar-refractivity contribution in [3.63, 3.8) is 0 Å². The van der Waals surface area contributed by atoms with Gasteiger partial charge >= 0.3 is 0 Å². The first-order valence-corrected chi connectivity index (χ1v) is 7.88. The molecule has 22 heavy (non-hydrogen) atoms. The third-order valence-electron chi connectivity index (χ3n) is 4.40. The van der Waals surface area contributed by atoms with Crippen molar-refractivity contribution in [2.24, 2.45) is 5.92 Å². The molecule has 8 heteroatoms. The van der Waals surface area contributed by atoms with E-state index in [1.165, 1.54) is 0 Å². The number of rotatable bonds is 6. The summed E-state index contributed by atoms with van der Waals surface area (Å²) >= 11 is 5.63. The molecular weight excluding hydrogens is 308 g/mol. The van der Waals surface area contributed by atoms with Crippen LogP contribution in [0, 0.1) is 5.92 Å². The van der Waals surface area contributed by atoms with Gasteiger partial charge in [-0.2, -0.15) is 0 Å². The zero-order chi connectivity index (χ0) is 16.2. The topological polar surface area (TPSA) is 91.3 Å². The fraction of sp³-hybridized carbons (Fsp3) is 0.786. The van der Waals surface area contributed by atoms with E-state index in [0.717, 1.165) is 0 Å². The number of carbonyl (C=O) groups excluding carboxylic acids is 1. The van der Waals surface area contributed by atoms with Gasteiger partial charge in [0.1, 0.15) is 5.82 Å². The van der Waals surface area contributed by atoms with E-state index >= 15 is 0 Å². The minimum Gasteiger partial charge on any atom is -0.389 e. The van der Waals surface area contributed by atoms with E-state index in [1.807, 2.05) is 11.8 Å². The van der Waals surface area contributed by atoms with Gasteiger partial charge in [-0.25, -0.2) is 4.98 Å². The molecule has 2 heterocycles. The summed E-state index contributed by atoms with van der Waals surface area (Å²) in [7, 11) is 1.63. The fourth-order valence-electron chi connectivity index (χ4n) is 2.81. The van der Waals surface area contributed by atoms with E-state index in [4.69, 9.17) is 16.3 Å². The standard InChI is InChI=1S/C14H23ClN4O3/c1-10-9-19(7-5-14(10,21)6-8-22-2)12(20)4-3-11-16-13(15)18-17-11/h10,21H,3-9H2,1-2H3,(H,16,17,18). The lowest BCUT2D eigenvalue weighted by Gasteiger charge is -2.43. The summed E-state index contributed by atoms with van der Waals surface area (Å²) in [6, 6.07) is 0. The summed E-state index contributed by atoms with van der Waals surface area (Å²) < 4.78 is 5.05. The third kappa shape index (κ3) is 4.18. The van der Waals surface area contributed by atoms with Gasteiger partial charge in [-0.3, -0.25) is 9.89 Å². The molecule has 1 aromatic heterocycles. The average molecular weight is 331 g/mol. The number of nitrogens with zero attached hydrogens (tertiary/aromatic N) is 3. The number of piperidine rings is 1. The predicted octanol–water partition coefficient (Wildman–Crippen LogP) is 1.03. The number of ether oxygens (including phenoxy) is 1. The van der Waals surface area contributed by atoms with Crippen molar-refractivity contribution in [2.45, 2.75) is 38.2 Å². The van der Waals surface area contributed by atoms with Crippen molar-refractivity contribution in [3.8, 4) is 0 Å². The number of H-pyrrole nitrogens is 1. The normalized spacial score (nSPS) is 25.5. The second-order valence-electron chi connectivity index (χ2n) is 5.89. The lowest BCUT2D eigenvalue weighted by atomic mass is 9.80. The lowest BCUT2D eigenvalue weighted by molar-refractivity contribution is -0.140. The Kier molecular flexibility index (Phi) is 5.77. The first-order chi connectivity index (χ1) is 10.4. The van der Waals surface area contributed by atoms with Gasteiger partial charge in [0.25, 0.3) is 0 Å². The molecule has 0 bridgehead atoms. The van der Waals surface area contributed by atoms with Crippen LogP contribution >= 0.6 is 11.6 Å². The van der Waals surface area contributed by atoms with Crippen molar-refractivity contribution in [3.05, 3.63) is 11.1 Å². The van der Waals surface area contributed by atoms with Gasteiger partial charge in [-0.05, 0) is 24.4 Å². The number of likely N-dealkylation sites (tertiary alicyclic amines) is 1. The van der Waals surface area contributed by atoms with Crippen LogP contribution in [-0.4, -0.2) is 63.5 Å². The van der Waals surface area contributed by atoms with Crippen LogP contribution in [0.3, 0.4) is 0 Å². The minimum absolute atomic E-state index is 0.0278. The number of amides is 1. The number of methoxy groups -OCH3 is 1. The molecule has 2 N–H and O–H groups in total. The Morgan fingerprint density at radius 2 is 2.41 bits per heavy atom. The number of hydrogen-bond acceptors (Lipinski definition) is 5. The maximum absolute atomic E-state index is 12.3. The number of aromatic nitrogens is 3. The number of carbonyl (C=O) groups is 1. The minimum atomic E-state index is -0.745. The predicted molar refractivity (Wildman–Crippen MR) is 81.5 cm³/mol. The molecule has 1 aliphatic heterocycles. The second kappa shape index (κ2) is 7.39. The molecule has 0 saturated carbocycles. The van der Waals surface area contributed by atoms with Gasteiger partial charge in [-0.15, -0.1) is 5.10 Å². The van der Waals surface area contributed by atoms with E-state index in [1.54, 1.807) is 7.11 Å². The van der Waals surface area contributed by atoms with E-state index in [2.05, 4.69) is 15.2 Å². The Morgan fingerprint density at radius 3 is 3.00 bits per heavy atom. The highest BCUT2D eigenvalue weighted by Crippen LogP contribution is 2.31. The number of aliphatic hydroxyl groups is 1. The van der Waals surface area contributed by atoms with E-state index in [9.17, 15) is 9.90 Å². The highest BCUT2D eigenvalue weighted by molar-refractivity contribution is 6.28. The largest absolute Gasteiger partial charge is 0.389 e. The van der Waals surface area contributed by atoms with Crippen LogP contribution in [0.5, 0.6) is 0 Å². The molecule has 2 atom stereocenters. The Balaban J connectivity index is 1.83. The van der Waals surface area contributed by atoms with Crippen LogP contribution in [0.1, 0.15) is 32.0 Å². The van der Waals surface area contributed by atoms with Gasteiger partial charge in [-0.1, -0.05) is 6.92 Å². The molecule has 124 valence electrons. The lowest BCUT2D eigenvalue weighted by Crippen LogP contribution is -2.52. The average Bonchev–Trinajstić information content (AvgIpc) is 2.91.